The molecule has 1 heterocycles. The minimum absolute atomic E-state index is 0.297. The predicted octanol–water partition coefficient (Wildman–Crippen LogP) is 2.68. The summed E-state index contributed by atoms with van der Waals surface area (Å²) in [6, 6.07) is 4.36. The van der Waals surface area contributed by atoms with Crippen molar-refractivity contribution in [2.24, 2.45) is 5.92 Å². The van der Waals surface area contributed by atoms with Crippen molar-refractivity contribution in [3.05, 3.63) is 29.6 Å². The molecule has 1 aromatic rings. The van der Waals surface area contributed by atoms with Crippen LogP contribution in [0.25, 0.3) is 0 Å². The van der Waals surface area contributed by atoms with Gasteiger partial charge in [0, 0.05) is 25.4 Å². The van der Waals surface area contributed by atoms with Crippen LogP contribution in [0.4, 0.5) is 14.9 Å². The number of carbonyl (C=O) groups is 1. The largest absolute Gasteiger partial charge is 0.381 e. The number of benzene rings is 1. The van der Waals surface area contributed by atoms with Crippen molar-refractivity contribution in [1.29, 1.82) is 0 Å². The zero-order valence-electron chi connectivity index (χ0n) is 11.0. The number of amides is 2. The fraction of sp³-hybridized carbons (Fsp3) is 0.500. The highest BCUT2D eigenvalue weighted by Gasteiger charge is 2.14. The topological polar surface area (TPSA) is 50.4 Å². The number of anilines is 1. The fourth-order valence-corrected chi connectivity index (χ4v) is 2.03. The van der Waals surface area contributed by atoms with Gasteiger partial charge < -0.3 is 15.4 Å². The fourth-order valence-electron chi connectivity index (χ4n) is 2.03. The molecule has 0 saturated carbocycles. The Morgan fingerprint density at radius 2 is 2.16 bits per heavy atom. The van der Waals surface area contributed by atoms with Gasteiger partial charge in [0.15, 0.2) is 0 Å². The Morgan fingerprint density at radius 1 is 1.42 bits per heavy atom. The molecular weight excluding hydrogens is 247 g/mol. The van der Waals surface area contributed by atoms with Crippen LogP contribution in [0, 0.1) is 18.7 Å². The molecule has 0 atom stereocenters. The maximum atomic E-state index is 13.3. The second-order valence-electron chi connectivity index (χ2n) is 4.85. The number of nitrogens with one attached hydrogen (secondary N) is 2. The minimum Gasteiger partial charge on any atom is -0.381 e. The number of urea groups is 1. The van der Waals surface area contributed by atoms with E-state index < -0.39 is 0 Å². The third-order valence-corrected chi connectivity index (χ3v) is 3.32. The summed E-state index contributed by atoms with van der Waals surface area (Å²) in [5.74, 6) is 0.150. The zero-order chi connectivity index (χ0) is 13.7. The van der Waals surface area contributed by atoms with Gasteiger partial charge >= 0.3 is 6.03 Å². The van der Waals surface area contributed by atoms with E-state index in [-0.39, 0.29) is 11.8 Å². The Balaban J connectivity index is 1.78. The molecule has 1 aromatic carbocycles. The van der Waals surface area contributed by atoms with E-state index in [1.165, 1.54) is 6.07 Å². The quantitative estimate of drug-likeness (QED) is 0.883. The molecule has 5 heteroatoms. The van der Waals surface area contributed by atoms with E-state index in [9.17, 15) is 9.18 Å². The summed E-state index contributed by atoms with van der Waals surface area (Å²) in [6.07, 6.45) is 1.94. The number of carbonyl (C=O) groups excluding carboxylic acids is 1. The summed E-state index contributed by atoms with van der Waals surface area (Å²) in [6.45, 7) is 3.84. The highest BCUT2D eigenvalue weighted by Crippen LogP contribution is 2.14. The molecular formula is C14H19FN2O2. The molecule has 104 valence electrons. The number of hydrogen-bond donors (Lipinski definition) is 2. The molecule has 19 heavy (non-hydrogen) atoms. The average Bonchev–Trinajstić information content (AvgIpc) is 2.42. The van der Waals surface area contributed by atoms with Crippen LogP contribution in [0.15, 0.2) is 18.2 Å². The molecule has 4 nitrogen and oxygen atoms in total. The first-order valence-corrected chi connectivity index (χ1v) is 6.54. The van der Waals surface area contributed by atoms with E-state index in [1.807, 2.05) is 0 Å². The smallest absolute Gasteiger partial charge is 0.319 e. The second-order valence-corrected chi connectivity index (χ2v) is 4.85. The standard InChI is InChI=1S/C14H19FN2O2/c1-10-2-3-12(8-13(10)15)17-14(18)16-9-11-4-6-19-7-5-11/h2-3,8,11H,4-7,9H2,1H3,(H2,16,17,18). The highest BCUT2D eigenvalue weighted by molar-refractivity contribution is 5.89. The van der Waals surface area contributed by atoms with Crippen LogP contribution in [-0.2, 0) is 4.74 Å². The van der Waals surface area contributed by atoms with Gasteiger partial charge in [-0.25, -0.2) is 9.18 Å². The van der Waals surface area contributed by atoms with E-state index in [2.05, 4.69) is 10.6 Å². The Kier molecular flexibility index (Phi) is 4.74. The normalized spacial score (nSPS) is 16.1. The molecule has 0 spiro atoms. The number of ether oxygens (including phenoxy) is 1. The van der Waals surface area contributed by atoms with Gasteiger partial charge in [0.2, 0.25) is 0 Å². The molecule has 2 N–H and O–H groups in total. The van der Waals surface area contributed by atoms with Gasteiger partial charge in [-0.2, -0.15) is 0 Å². The van der Waals surface area contributed by atoms with E-state index >= 15 is 0 Å². The van der Waals surface area contributed by atoms with Crippen LogP contribution in [0.2, 0.25) is 0 Å². The van der Waals surface area contributed by atoms with Crippen molar-refractivity contribution in [1.82, 2.24) is 5.32 Å². The number of rotatable bonds is 3. The molecule has 1 fully saturated rings. The molecule has 2 rings (SSSR count). The lowest BCUT2D eigenvalue weighted by Gasteiger charge is -2.22. The molecule has 0 bridgehead atoms. The van der Waals surface area contributed by atoms with Crippen LogP contribution in [0.5, 0.6) is 0 Å². The van der Waals surface area contributed by atoms with Crippen LogP contribution in [0.1, 0.15) is 18.4 Å². The molecule has 1 aliphatic heterocycles. The van der Waals surface area contributed by atoms with Gasteiger partial charge in [0.05, 0.1) is 0 Å². The Morgan fingerprint density at radius 3 is 2.84 bits per heavy atom. The third kappa shape index (κ3) is 4.21. The van der Waals surface area contributed by atoms with Crippen molar-refractivity contribution in [2.45, 2.75) is 19.8 Å². The van der Waals surface area contributed by atoms with E-state index in [1.54, 1.807) is 19.1 Å². The summed E-state index contributed by atoms with van der Waals surface area (Å²) >= 11 is 0. The molecule has 0 aliphatic carbocycles. The first-order valence-electron chi connectivity index (χ1n) is 6.54. The van der Waals surface area contributed by atoms with Crippen LogP contribution in [-0.4, -0.2) is 25.8 Å². The lowest BCUT2D eigenvalue weighted by molar-refractivity contribution is 0.0671. The number of halogens is 1. The summed E-state index contributed by atoms with van der Waals surface area (Å²) in [5, 5.41) is 5.44. The predicted molar refractivity (Wildman–Crippen MR) is 71.7 cm³/mol. The van der Waals surface area contributed by atoms with Crippen molar-refractivity contribution in [2.75, 3.05) is 25.1 Å². The maximum Gasteiger partial charge on any atom is 0.319 e. The monoisotopic (exact) mass is 266 g/mol. The van der Waals surface area contributed by atoms with Gasteiger partial charge in [0.1, 0.15) is 5.82 Å². The lowest BCUT2D eigenvalue weighted by atomic mass is 10.0. The summed E-state index contributed by atoms with van der Waals surface area (Å²) in [7, 11) is 0. The van der Waals surface area contributed by atoms with Gasteiger partial charge in [0.25, 0.3) is 0 Å². The molecule has 0 radical (unpaired) electrons. The minimum atomic E-state index is -0.317. The van der Waals surface area contributed by atoms with E-state index in [0.29, 0.717) is 23.7 Å². The molecule has 0 aromatic heterocycles. The van der Waals surface area contributed by atoms with Crippen molar-refractivity contribution < 1.29 is 13.9 Å². The lowest BCUT2D eigenvalue weighted by Crippen LogP contribution is -2.35. The van der Waals surface area contributed by atoms with Gasteiger partial charge in [-0.05, 0) is 43.4 Å². The third-order valence-electron chi connectivity index (χ3n) is 3.32. The molecule has 2 amide bonds. The summed E-state index contributed by atoms with van der Waals surface area (Å²) in [4.78, 5) is 11.7. The molecule has 0 unspecified atom stereocenters. The SMILES string of the molecule is Cc1ccc(NC(=O)NCC2CCOCC2)cc1F. The van der Waals surface area contributed by atoms with Gasteiger partial charge in [-0.1, -0.05) is 6.07 Å². The first-order chi connectivity index (χ1) is 9.15. The number of aryl methyl sites for hydroxylation is 1. The van der Waals surface area contributed by atoms with Crippen molar-refractivity contribution >= 4 is 11.7 Å². The number of hydrogen-bond acceptors (Lipinski definition) is 2. The highest BCUT2D eigenvalue weighted by atomic mass is 19.1. The van der Waals surface area contributed by atoms with Crippen LogP contribution < -0.4 is 10.6 Å². The van der Waals surface area contributed by atoms with Crippen molar-refractivity contribution in [3.63, 3.8) is 0 Å². The first kappa shape index (κ1) is 13.8. The molecule has 1 saturated heterocycles. The Hall–Kier alpha value is -1.62. The van der Waals surface area contributed by atoms with E-state index in [4.69, 9.17) is 4.74 Å². The second kappa shape index (κ2) is 6.52. The summed E-state index contributed by atoms with van der Waals surface area (Å²) < 4.78 is 18.6. The van der Waals surface area contributed by atoms with Crippen LogP contribution in [0.3, 0.4) is 0 Å². The maximum absolute atomic E-state index is 13.3. The zero-order valence-corrected chi connectivity index (χ0v) is 11.0. The average molecular weight is 266 g/mol. The summed E-state index contributed by atoms with van der Waals surface area (Å²) in [5.41, 5.74) is 1.03. The van der Waals surface area contributed by atoms with Gasteiger partial charge in [-0.15, -0.1) is 0 Å². The van der Waals surface area contributed by atoms with Crippen LogP contribution >= 0.6 is 0 Å². The van der Waals surface area contributed by atoms with Gasteiger partial charge in [-0.3, -0.25) is 0 Å². The molecule has 1 aliphatic rings. The Bertz CT molecular complexity index is 445. The Labute approximate surface area is 112 Å². The van der Waals surface area contributed by atoms with Crippen molar-refractivity contribution in [3.8, 4) is 0 Å². The van der Waals surface area contributed by atoms with E-state index in [0.717, 1.165) is 26.1 Å².